The number of carbonyl (C=O) groups is 3. The molecule has 1 aliphatic rings. The van der Waals surface area contributed by atoms with Gasteiger partial charge in [-0.3, -0.25) is 9.59 Å². The van der Waals surface area contributed by atoms with Gasteiger partial charge in [0.2, 0.25) is 0 Å². The van der Waals surface area contributed by atoms with Gasteiger partial charge >= 0.3 is 18.1 Å². The molecule has 0 aliphatic heterocycles. The van der Waals surface area contributed by atoms with Crippen LogP contribution in [0.4, 0.5) is 4.79 Å². The Kier molecular flexibility index (Phi) is 8.20. The predicted molar refractivity (Wildman–Crippen MR) is 155 cm³/mol. The maximum absolute atomic E-state index is 13.3. The fourth-order valence-corrected chi connectivity index (χ4v) is 4.49. The summed E-state index contributed by atoms with van der Waals surface area (Å²) in [5, 5.41) is 1.15. The summed E-state index contributed by atoms with van der Waals surface area (Å²) in [7, 11) is 3.87. The van der Waals surface area contributed by atoms with Crippen molar-refractivity contribution in [1.29, 1.82) is 0 Å². The van der Waals surface area contributed by atoms with E-state index < -0.39 is 23.5 Å². The Balaban J connectivity index is 1.83. The van der Waals surface area contributed by atoms with E-state index in [2.05, 4.69) is 11.5 Å². The highest BCUT2D eigenvalue weighted by Crippen LogP contribution is 2.44. The van der Waals surface area contributed by atoms with Crippen molar-refractivity contribution in [3.05, 3.63) is 94.5 Å². The molecule has 0 aromatic heterocycles. The zero-order valence-electron chi connectivity index (χ0n) is 24.1. The molecule has 0 radical (unpaired) electrons. The number of hydrogen-bond acceptors (Lipinski definition) is 8. The van der Waals surface area contributed by atoms with E-state index in [-0.39, 0.29) is 17.3 Å². The molecule has 0 bridgehead atoms. The minimum Gasteiger partial charge on any atom is -0.426 e. The van der Waals surface area contributed by atoms with E-state index in [4.69, 9.17) is 18.9 Å². The van der Waals surface area contributed by atoms with Crippen molar-refractivity contribution in [2.24, 2.45) is 0 Å². The molecule has 0 N–H and O–H groups in total. The second-order valence-electron chi connectivity index (χ2n) is 10.3. The SMILES string of the molecule is CC(=O)OC1=C=C=C(OC(=O)Oc2c(C(C)(C)/C=C(\C)N(C)C)cc(OC(C)=O)c3ccccc23)c2ccccc21. The molecule has 0 atom stereocenters. The van der Waals surface area contributed by atoms with Crippen molar-refractivity contribution in [1.82, 2.24) is 4.90 Å². The number of nitrogens with zero attached hydrogens (tertiary/aromatic N) is 1. The van der Waals surface area contributed by atoms with Crippen LogP contribution in [0.2, 0.25) is 0 Å². The predicted octanol–water partition coefficient (Wildman–Crippen LogP) is 6.74. The molecule has 0 amide bonds. The number of rotatable bonds is 7. The highest BCUT2D eigenvalue weighted by atomic mass is 16.7. The number of allylic oxidation sites excluding steroid dienone is 2. The maximum Gasteiger partial charge on any atom is 0.520 e. The molecule has 8 nitrogen and oxygen atoms in total. The molecule has 0 saturated carbocycles. The molecule has 0 unspecified atom stereocenters. The van der Waals surface area contributed by atoms with Gasteiger partial charge in [-0.1, -0.05) is 56.3 Å². The minimum atomic E-state index is -1.00. The summed E-state index contributed by atoms with van der Waals surface area (Å²) >= 11 is 0. The molecule has 41 heavy (non-hydrogen) atoms. The first kappa shape index (κ1) is 29.0. The van der Waals surface area contributed by atoms with Crippen LogP contribution in [0.3, 0.4) is 0 Å². The van der Waals surface area contributed by atoms with Crippen LogP contribution >= 0.6 is 0 Å². The zero-order chi connectivity index (χ0) is 29.9. The quantitative estimate of drug-likeness (QED) is 0.138. The second-order valence-corrected chi connectivity index (χ2v) is 10.3. The van der Waals surface area contributed by atoms with E-state index in [1.165, 1.54) is 13.8 Å². The maximum atomic E-state index is 13.3. The highest BCUT2D eigenvalue weighted by Gasteiger charge is 2.29. The topological polar surface area (TPSA) is 91.4 Å². The van der Waals surface area contributed by atoms with Gasteiger partial charge in [-0.15, -0.1) is 0 Å². The minimum absolute atomic E-state index is 0.0616. The van der Waals surface area contributed by atoms with E-state index in [1.54, 1.807) is 54.6 Å². The Labute approximate surface area is 238 Å². The number of carbonyl (C=O) groups excluding carboxylic acids is 3. The molecule has 1 aliphatic carbocycles. The number of fused-ring (bicyclic) bond motifs is 2. The third kappa shape index (κ3) is 6.42. The van der Waals surface area contributed by atoms with Gasteiger partial charge in [0, 0.05) is 66.5 Å². The van der Waals surface area contributed by atoms with Crippen LogP contribution in [-0.2, 0) is 24.5 Å². The van der Waals surface area contributed by atoms with Gasteiger partial charge in [0.05, 0.1) is 0 Å². The fourth-order valence-electron chi connectivity index (χ4n) is 4.49. The highest BCUT2D eigenvalue weighted by molar-refractivity contribution is 5.97. The monoisotopic (exact) mass is 553 g/mol. The summed E-state index contributed by atoms with van der Waals surface area (Å²) in [6.07, 6.45) is 1.03. The fraction of sp³-hybridized carbons (Fsp3) is 0.242. The summed E-state index contributed by atoms with van der Waals surface area (Å²) < 4.78 is 22.4. The first-order valence-electron chi connectivity index (χ1n) is 12.9. The van der Waals surface area contributed by atoms with Gasteiger partial charge < -0.3 is 23.8 Å². The molecule has 210 valence electrons. The summed E-state index contributed by atoms with van der Waals surface area (Å²) in [6.45, 7) is 8.55. The molecule has 3 aromatic carbocycles. The van der Waals surface area contributed by atoms with E-state index in [9.17, 15) is 14.4 Å². The zero-order valence-corrected chi connectivity index (χ0v) is 24.1. The smallest absolute Gasteiger partial charge is 0.426 e. The molecule has 3 aromatic rings. The Bertz CT molecular complexity index is 1700. The molecular formula is C33H31NO7. The van der Waals surface area contributed by atoms with Crippen molar-refractivity contribution in [3.8, 4) is 11.5 Å². The number of benzene rings is 3. The average Bonchev–Trinajstić information content (AvgIpc) is 2.90. The summed E-state index contributed by atoms with van der Waals surface area (Å²) in [5.41, 5.74) is 7.43. The summed E-state index contributed by atoms with van der Waals surface area (Å²) in [4.78, 5) is 38.8. The molecule has 0 heterocycles. The molecule has 0 spiro atoms. The number of hydrogen-bond donors (Lipinski definition) is 0. The summed E-state index contributed by atoms with van der Waals surface area (Å²) in [6, 6.07) is 15.9. The first-order valence-corrected chi connectivity index (χ1v) is 12.9. The number of esters is 2. The van der Waals surface area contributed by atoms with Crippen molar-refractivity contribution >= 4 is 40.4 Å². The molecule has 8 heteroatoms. The van der Waals surface area contributed by atoms with Crippen LogP contribution in [0.1, 0.15) is 51.3 Å². The van der Waals surface area contributed by atoms with Gasteiger partial charge in [0.15, 0.2) is 11.5 Å². The Morgan fingerprint density at radius 1 is 0.756 bits per heavy atom. The summed E-state index contributed by atoms with van der Waals surface area (Å²) in [5.74, 6) is -0.130. The average molecular weight is 554 g/mol. The van der Waals surface area contributed by atoms with Gasteiger partial charge in [-0.2, -0.15) is 0 Å². The van der Waals surface area contributed by atoms with Crippen LogP contribution in [0, 0.1) is 0 Å². The molecule has 0 fully saturated rings. The van der Waals surface area contributed by atoms with E-state index in [1.807, 2.05) is 45.8 Å². The molecular weight excluding hydrogens is 522 g/mol. The van der Waals surface area contributed by atoms with Crippen LogP contribution in [0.5, 0.6) is 11.5 Å². The Morgan fingerprint density at radius 2 is 1.29 bits per heavy atom. The lowest BCUT2D eigenvalue weighted by molar-refractivity contribution is -0.134. The van der Waals surface area contributed by atoms with Crippen LogP contribution < -0.4 is 9.47 Å². The Morgan fingerprint density at radius 3 is 1.85 bits per heavy atom. The molecule has 4 rings (SSSR count). The van der Waals surface area contributed by atoms with Gasteiger partial charge in [-0.05, 0) is 36.6 Å². The van der Waals surface area contributed by atoms with Crippen molar-refractivity contribution in [2.45, 2.75) is 40.0 Å². The first-order chi connectivity index (χ1) is 19.4. The lowest BCUT2D eigenvalue weighted by Gasteiger charge is -2.28. The van der Waals surface area contributed by atoms with Crippen molar-refractivity contribution in [2.75, 3.05) is 14.1 Å². The van der Waals surface area contributed by atoms with Crippen LogP contribution in [0.25, 0.3) is 22.3 Å². The second kappa shape index (κ2) is 11.6. The van der Waals surface area contributed by atoms with Crippen molar-refractivity contribution in [3.63, 3.8) is 0 Å². The van der Waals surface area contributed by atoms with E-state index >= 15 is 0 Å². The van der Waals surface area contributed by atoms with E-state index in [0.29, 0.717) is 33.2 Å². The normalized spacial score (nSPS) is 12.6. The van der Waals surface area contributed by atoms with Crippen molar-refractivity contribution < 1.29 is 33.3 Å². The van der Waals surface area contributed by atoms with Gasteiger partial charge in [0.25, 0.3) is 0 Å². The third-order valence-electron chi connectivity index (χ3n) is 6.50. The molecule has 0 saturated heterocycles. The third-order valence-corrected chi connectivity index (χ3v) is 6.50. The van der Waals surface area contributed by atoms with Gasteiger partial charge in [-0.25, -0.2) is 4.79 Å². The van der Waals surface area contributed by atoms with E-state index in [0.717, 1.165) is 5.70 Å². The lowest BCUT2D eigenvalue weighted by Crippen LogP contribution is -2.21. The Hall–Kier alpha value is -5.03. The largest absolute Gasteiger partial charge is 0.520 e. The number of ether oxygens (including phenoxy) is 4. The van der Waals surface area contributed by atoms with Crippen LogP contribution in [0.15, 0.2) is 77.8 Å². The standard InChI is InChI=1S/C33H31NO7/c1-20(34(6)7)19-33(4,5)27-18-30(39-22(3)36)25-14-10-11-15-26(25)31(27)41-32(37)40-29-17-16-28(38-21(2)35)23-12-8-9-13-24(23)29/h8-15,18-19H,1-7H3/b20-19+. The lowest BCUT2D eigenvalue weighted by atomic mass is 9.81. The van der Waals surface area contributed by atoms with Gasteiger partial charge in [0.1, 0.15) is 11.5 Å². The van der Waals surface area contributed by atoms with Crippen LogP contribution in [-0.4, -0.2) is 37.1 Å².